The van der Waals surface area contributed by atoms with E-state index in [1.54, 1.807) is 24.0 Å². The first kappa shape index (κ1) is 20.4. The Morgan fingerprint density at radius 3 is 2.70 bits per heavy atom. The molecule has 2 N–H and O–H groups in total. The van der Waals surface area contributed by atoms with Crippen LogP contribution in [0.4, 0.5) is 0 Å². The maximum Gasteiger partial charge on any atom is 0.173 e. The summed E-state index contributed by atoms with van der Waals surface area (Å²) >= 11 is 19.9. The van der Waals surface area contributed by atoms with Crippen molar-refractivity contribution in [2.24, 2.45) is 18.7 Å². The molecule has 142 valence electrons. The van der Waals surface area contributed by atoms with Crippen LogP contribution in [0.25, 0.3) is 11.3 Å². The zero-order valence-corrected chi connectivity index (χ0v) is 17.7. The number of ketones is 1. The smallest absolute Gasteiger partial charge is 0.173 e. The van der Waals surface area contributed by atoms with Crippen molar-refractivity contribution in [3.8, 4) is 11.3 Å². The Morgan fingerprint density at radius 2 is 2.07 bits per heavy atom. The number of carbonyl (C=O) groups is 1. The van der Waals surface area contributed by atoms with Crippen molar-refractivity contribution < 1.29 is 4.79 Å². The van der Waals surface area contributed by atoms with Gasteiger partial charge in [-0.25, -0.2) is 0 Å². The second kappa shape index (κ2) is 8.76. The van der Waals surface area contributed by atoms with Gasteiger partial charge in [-0.05, 0) is 42.6 Å². The topological polar surface area (TPSA) is 60.9 Å². The first-order valence-corrected chi connectivity index (χ1v) is 10.3. The van der Waals surface area contributed by atoms with Crippen molar-refractivity contribution in [2.45, 2.75) is 12.8 Å². The van der Waals surface area contributed by atoms with E-state index >= 15 is 0 Å². The molecule has 0 spiro atoms. The van der Waals surface area contributed by atoms with Gasteiger partial charge in [-0.2, -0.15) is 5.10 Å². The molecule has 2 aromatic heterocycles. The molecule has 8 heteroatoms. The predicted molar refractivity (Wildman–Crippen MR) is 113 cm³/mol. The van der Waals surface area contributed by atoms with E-state index in [1.807, 2.05) is 24.3 Å². The molecule has 2 heterocycles. The second-order valence-corrected chi connectivity index (χ2v) is 8.82. The summed E-state index contributed by atoms with van der Waals surface area (Å²) in [7, 11) is 1.78. The van der Waals surface area contributed by atoms with E-state index in [-0.39, 0.29) is 11.7 Å². The molecule has 27 heavy (non-hydrogen) atoms. The van der Waals surface area contributed by atoms with E-state index in [0.29, 0.717) is 49.9 Å². The highest BCUT2D eigenvalue weighted by Crippen LogP contribution is 2.39. The van der Waals surface area contributed by atoms with Gasteiger partial charge in [0.15, 0.2) is 5.78 Å². The number of nitrogens with two attached hydrogens (primary N) is 1. The fraction of sp³-hybridized carbons (Fsp3) is 0.263. The highest BCUT2D eigenvalue weighted by molar-refractivity contribution is 7.18. The van der Waals surface area contributed by atoms with Crippen LogP contribution in [0.5, 0.6) is 0 Å². The molecule has 0 saturated carbocycles. The van der Waals surface area contributed by atoms with E-state index < -0.39 is 0 Å². The number of hydrogen-bond acceptors (Lipinski definition) is 4. The average molecular weight is 443 g/mol. The lowest BCUT2D eigenvalue weighted by Gasteiger charge is -2.13. The molecule has 1 atom stereocenters. The van der Waals surface area contributed by atoms with Gasteiger partial charge in [0.25, 0.3) is 0 Å². The minimum Gasteiger partial charge on any atom is -0.330 e. The molecule has 0 aliphatic rings. The summed E-state index contributed by atoms with van der Waals surface area (Å²) in [6, 6.07) is 9.40. The maximum absolute atomic E-state index is 12.8. The molecule has 0 aliphatic carbocycles. The molecule has 0 saturated heterocycles. The highest BCUT2D eigenvalue weighted by Gasteiger charge is 2.21. The van der Waals surface area contributed by atoms with Gasteiger partial charge in [0.1, 0.15) is 4.34 Å². The number of aryl methyl sites for hydroxylation is 1. The van der Waals surface area contributed by atoms with E-state index in [1.165, 1.54) is 11.3 Å². The minimum atomic E-state index is 0.0175. The van der Waals surface area contributed by atoms with E-state index in [0.717, 1.165) is 5.56 Å². The summed E-state index contributed by atoms with van der Waals surface area (Å²) in [5, 5.41) is 5.30. The molecule has 0 radical (unpaired) electrons. The van der Waals surface area contributed by atoms with Gasteiger partial charge in [0, 0.05) is 24.1 Å². The Morgan fingerprint density at radius 1 is 1.30 bits per heavy atom. The summed E-state index contributed by atoms with van der Waals surface area (Å²) in [6.07, 6.45) is 2.60. The number of halogens is 3. The van der Waals surface area contributed by atoms with Crippen LogP contribution in [0.1, 0.15) is 21.7 Å². The van der Waals surface area contributed by atoms with Crippen molar-refractivity contribution in [1.29, 1.82) is 0 Å². The SMILES string of the molecule is Cn1ncc(Cl)c1-c1cc(C(=O)CC(CN)Cc2cccc(Cl)c2)sc1Cl. The monoisotopic (exact) mass is 441 g/mol. The molecule has 1 unspecified atom stereocenters. The van der Waals surface area contributed by atoms with Crippen LogP contribution in [0.15, 0.2) is 36.5 Å². The lowest BCUT2D eigenvalue weighted by molar-refractivity contribution is 0.0966. The van der Waals surface area contributed by atoms with Crippen molar-refractivity contribution in [3.05, 3.63) is 61.4 Å². The van der Waals surface area contributed by atoms with Crippen molar-refractivity contribution in [2.75, 3.05) is 6.54 Å². The number of nitrogens with zero attached hydrogens (tertiary/aromatic N) is 2. The molecule has 0 amide bonds. The van der Waals surface area contributed by atoms with Gasteiger partial charge in [0.05, 0.1) is 21.8 Å². The second-order valence-electron chi connectivity index (χ2n) is 6.33. The molecule has 3 rings (SSSR count). The number of carbonyl (C=O) groups excluding carboxylic acids is 1. The number of rotatable bonds is 7. The largest absolute Gasteiger partial charge is 0.330 e. The van der Waals surface area contributed by atoms with Crippen LogP contribution in [0.2, 0.25) is 14.4 Å². The Kier molecular flexibility index (Phi) is 6.61. The summed E-state index contributed by atoms with van der Waals surface area (Å²) in [6.45, 7) is 0.414. The summed E-state index contributed by atoms with van der Waals surface area (Å²) in [5.41, 5.74) is 8.38. The fourth-order valence-electron chi connectivity index (χ4n) is 2.98. The zero-order chi connectivity index (χ0) is 19.6. The average Bonchev–Trinajstić information content (AvgIpc) is 3.16. The summed E-state index contributed by atoms with van der Waals surface area (Å²) in [4.78, 5) is 13.4. The lowest BCUT2D eigenvalue weighted by Crippen LogP contribution is -2.20. The zero-order valence-electron chi connectivity index (χ0n) is 14.6. The molecule has 0 aliphatic heterocycles. The van der Waals surface area contributed by atoms with Crippen molar-refractivity contribution in [3.63, 3.8) is 0 Å². The third kappa shape index (κ3) is 4.73. The quantitative estimate of drug-likeness (QED) is 0.491. The third-order valence-corrected chi connectivity index (χ3v) is 6.24. The Bertz CT molecular complexity index is 948. The Hall–Kier alpha value is -1.37. The van der Waals surface area contributed by atoms with Gasteiger partial charge >= 0.3 is 0 Å². The first-order valence-electron chi connectivity index (χ1n) is 8.34. The van der Waals surface area contributed by atoms with Crippen LogP contribution in [-0.2, 0) is 13.5 Å². The number of hydrogen-bond donors (Lipinski definition) is 1. The van der Waals surface area contributed by atoms with E-state index in [2.05, 4.69) is 5.10 Å². The molecule has 0 bridgehead atoms. The molecule has 1 aromatic carbocycles. The molecule has 0 fully saturated rings. The van der Waals surface area contributed by atoms with Crippen LogP contribution in [0.3, 0.4) is 0 Å². The van der Waals surface area contributed by atoms with Crippen molar-refractivity contribution >= 4 is 51.9 Å². The number of benzene rings is 1. The standard InChI is InChI=1S/C19H18Cl3N3OS/c1-25-18(15(21)10-24-25)14-8-17(27-19(14)22)16(26)7-12(9-23)5-11-3-2-4-13(20)6-11/h2-4,6,8,10,12H,5,7,9,23H2,1H3. The molecule has 3 aromatic rings. The summed E-state index contributed by atoms with van der Waals surface area (Å²) < 4.78 is 2.16. The Balaban J connectivity index is 1.76. The third-order valence-electron chi connectivity index (χ3n) is 4.33. The van der Waals surface area contributed by atoms with Crippen LogP contribution >= 0.6 is 46.1 Å². The van der Waals surface area contributed by atoms with E-state index in [4.69, 9.17) is 40.5 Å². The van der Waals surface area contributed by atoms with Crippen LogP contribution in [0, 0.1) is 5.92 Å². The minimum absolute atomic E-state index is 0.0175. The van der Waals surface area contributed by atoms with Crippen LogP contribution < -0.4 is 5.73 Å². The van der Waals surface area contributed by atoms with Crippen molar-refractivity contribution in [1.82, 2.24) is 9.78 Å². The van der Waals surface area contributed by atoms with E-state index in [9.17, 15) is 4.79 Å². The first-order chi connectivity index (χ1) is 12.9. The lowest BCUT2D eigenvalue weighted by atomic mass is 9.94. The summed E-state index contributed by atoms with van der Waals surface area (Å²) in [5.74, 6) is 0.0458. The van der Waals surface area contributed by atoms with Gasteiger partial charge < -0.3 is 5.73 Å². The van der Waals surface area contributed by atoms with Gasteiger partial charge in [-0.3, -0.25) is 9.48 Å². The molecule has 4 nitrogen and oxygen atoms in total. The normalized spacial score (nSPS) is 12.3. The molecular weight excluding hydrogens is 425 g/mol. The van der Waals surface area contributed by atoms with Crippen LogP contribution in [-0.4, -0.2) is 22.1 Å². The van der Waals surface area contributed by atoms with Gasteiger partial charge in [-0.1, -0.05) is 46.9 Å². The fourth-order valence-corrected chi connectivity index (χ4v) is 4.69. The van der Waals surface area contributed by atoms with Gasteiger partial charge in [-0.15, -0.1) is 11.3 Å². The number of aromatic nitrogens is 2. The van der Waals surface area contributed by atoms with Gasteiger partial charge in [0.2, 0.25) is 0 Å². The predicted octanol–water partition coefficient (Wildman–Crippen LogP) is 5.50. The number of Topliss-reactive ketones (excluding diaryl/α,β-unsaturated/α-hetero) is 1. The maximum atomic E-state index is 12.8. The number of thiophene rings is 1. The molecular formula is C19H18Cl3N3OS. The highest BCUT2D eigenvalue weighted by atomic mass is 35.5. The Labute approximate surface area is 176 Å².